The van der Waals surface area contributed by atoms with Crippen molar-refractivity contribution in [1.82, 2.24) is 4.90 Å². The van der Waals surface area contributed by atoms with Gasteiger partial charge in [-0.25, -0.2) is 4.79 Å². The first-order valence-corrected chi connectivity index (χ1v) is 6.72. The Balaban J connectivity index is 4.79. The molecule has 0 radical (unpaired) electrons. The van der Waals surface area contributed by atoms with Gasteiger partial charge in [0.05, 0.1) is 19.8 Å². The second-order valence-electron chi connectivity index (χ2n) is 4.85. The van der Waals surface area contributed by atoms with Gasteiger partial charge in [0.25, 0.3) is 10.1 Å². The normalized spacial score (nSPS) is 14.9. The quantitative estimate of drug-likeness (QED) is 0.361. The van der Waals surface area contributed by atoms with Gasteiger partial charge in [-0.2, -0.15) is 8.42 Å². The van der Waals surface area contributed by atoms with Crippen LogP contribution in [0.2, 0.25) is 0 Å². The number of carbonyl (C=O) groups is 1. The van der Waals surface area contributed by atoms with E-state index >= 15 is 0 Å². The van der Waals surface area contributed by atoms with Gasteiger partial charge in [-0.3, -0.25) is 9.45 Å². The van der Waals surface area contributed by atoms with Gasteiger partial charge >= 0.3 is 5.97 Å². The highest BCUT2D eigenvalue weighted by Crippen LogP contribution is 2.14. The van der Waals surface area contributed by atoms with E-state index in [1.165, 1.54) is 0 Å². The molecule has 102 valence electrons. The Bertz CT molecular complexity index is 364. The molecule has 1 atom stereocenters. The number of carboxylic acid groups (broad SMARTS) is 1. The molecular weight excluding hydrogens is 248 g/mol. The summed E-state index contributed by atoms with van der Waals surface area (Å²) >= 11 is 0. The molecule has 0 aliphatic heterocycles. The van der Waals surface area contributed by atoms with Crippen LogP contribution in [0.25, 0.3) is 0 Å². The van der Waals surface area contributed by atoms with Crippen LogP contribution in [0.1, 0.15) is 6.42 Å². The molecule has 0 fully saturated rings. The van der Waals surface area contributed by atoms with Crippen molar-refractivity contribution >= 4 is 16.1 Å². The summed E-state index contributed by atoms with van der Waals surface area (Å²) in [6, 6.07) is 0. The fourth-order valence-corrected chi connectivity index (χ4v) is 2.45. The van der Waals surface area contributed by atoms with Gasteiger partial charge in [0, 0.05) is 6.42 Å². The van der Waals surface area contributed by atoms with Crippen molar-refractivity contribution in [1.29, 1.82) is 0 Å². The minimum Gasteiger partial charge on any atom is -0.477 e. The molecule has 0 heterocycles. The Morgan fingerprint density at radius 3 is 2.12 bits per heavy atom. The van der Waals surface area contributed by atoms with Crippen molar-refractivity contribution in [3.05, 3.63) is 0 Å². The van der Waals surface area contributed by atoms with E-state index < -0.39 is 16.1 Å². The number of hydrogen-bond acceptors (Lipinski definition) is 4. The van der Waals surface area contributed by atoms with Crippen LogP contribution in [-0.4, -0.2) is 80.1 Å². The molecule has 0 aliphatic carbocycles. The molecule has 8 heteroatoms. The summed E-state index contributed by atoms with van der Waals surface area (Å²) in [6.45, 7) is -0.117. The lowest BCUT2D eigenvalue weighted by molar-refractivity contribution is -0.919. The highest BCUT2D eigenvalue weighted by molar-refractivity contribution is 7.85. The first-order chi connectivity index (χ1) is 7.46. The molecule has 2 N–H and O–H groups in total. The third kappa shape index (κ3) is 6.57. The largest absolute Gasteiger partial charge is 0.477 e. The maximum atomic E-state index is 10.7. The molecule has 0 spiro atoms. The van der Waals surface area contributed by atoms with Crippen molar-refractivity contribution < 1.29 is 27.4 Å². The third-order valence-electron chi connectivity index (χ3n) is 2.58. The fourth-order valence-electron chi connectivity index (χ4n) is 1.94. The van der Waals surface area contributed by atoms with Crippen LogP contribution in [0.3, 0.4) is 0 Å². The zero-order chi connectivity index (χ0) is 13.9. The Morgan fingerprint density at radius 2 is 1.82 bits per heavy atom. The van der Waals surface area contributed by atoms with E-state index in [1.54, 1.807) is 33.1 Å². The molecule has 0 saturated heterocycles. The van der Waals surface area contributed by atoms with E-state index in [4.69, 9.17) is 9.66 Å². The minimum atomic E-state index is -4.03. The molecule has 0 aromatic heterocycles. The van der Waals surface area contributed by atoms with Gasteiger partial charge in [0.15, 0.2) is 6.54 Å². The highest BCUT2D eigenvalue weighted by Gasteiger charge is 2.33. The zero-order valence-corrected chi connectivity index (χ0v) is 11.4. The Labute approximate surface area is 102 Å². The summed E-state index contributed by atoms with van der Waals surface area (Å²) in [5, 5.41) is 8.81. The smallest absolute Gasteiger partial charge is 0.359 e. The monoisotopic (exact) mass is 269 g/mol. The fraction of sp³-hybridized carbons (Fsp3) is 0.889. The SMILES string of the molecule is CN(C)C(CCS(=O)(=O)O)[N+](C)(C)CC(=O)O. The summed E-state index contributed by atoms with van der Waals surface area (Å²) < 4.78 is 30.3. The van der Waals surface area contributed by atoms with Crippen LogP contribution in [0, 0.1) is 0 Å². The van der Waals surface area contributed by atoms with Crippen molar-refractivity contribution in [3.63, 3.8) is 0 Å². The molecule has 0 rings (SSSR count). The highest BCUT2D eigenvalue weighted by atomic mass is 32.2. The number of hydrogen-bond donors (Lipinski definition) is 2. The predicted octanol–water partition coefficient (Wildman–Crippen LogP) is -0.687. The lowest BCUT2D eigenvalue weighted by Crippen LogP contribution is -2.58. The predicted molar refractivity (Wildman–Crippen MR) is 63.1 cm³/mol. The van der Waals surface area contributed by atoms with Crippen molar-refractivity contribution in [2.75, 3.05) is 40.5 Å². The molecule has 0 amide bonds. The molecule has 0 bridgehead atoms. The topological polar surface area (TPSA) is 94.9 Å². The van der Waals surface area contributed by atoms with Gasteiger partial charge in [-0.1, -0.05) is 0 Å². The molecule has 17 heavy (non-hydrogen) atoms. The molecule has 1 unspecified atom stereocenters. The number of aliphatic carboxylic acids is 1. The standard InChI is InChI=1S/C9H20N2O5S/c1-10(2)8(5-6-17(14,15)16)11(3,4)7-9(12)13/h8H,5-7H2,1-4H3,(H-,12,13,14,15,16)/p+1. The van der Waals surface area contributed by atoms with Crippen molar-refractivity contribution in [3.8, 4) is 0 Å². The van der Waals surface area contributed by atoms with E-state index in [0.717, 1.165) is 0 Å². The van der Waals surface area contributed by atoms with E-state index in [1.807, 2.05) is 0 Å². The second-order valence-corrected chi connectivity index (χ2v) is 6.42. The molecule has 0 aromatic carbocycles. The maximum Gasteiger partial charge on any atom is 0.359 e. The Hall–Kier alpha value is -0.700. The van der Waals surface area contributed by atoms with E-state index in [0.29, 0.717) is 0 Å². The Morgan fingerprint density at radius 1 is 1.35 bits per heavy atom. The van der Waals surface area contributed by atoms with Crippen LogP contribution in [0.15, 0.2) is 0 Å². The number of carboxylic acids is 1. The molecular formula is C9H21N2O5S+. The van der Waals surface area contributed by atoms with Crippen molar-refractivity contribution in [2.45, 2.75) is 12.6 Å². The minimum absolute atomic E-state index is 0.117. The van der Waals surface area contributed by atoms with Crippen LogP contribution >= 0.6 is 0 Å². The molecule has 0 aromatic rings. The van der Waals surface area contributed by atoms with Crippen LogP contribution < -0.4 is 0 Å². The first-order valence-electron chi connectivity index (χ1n) is 5.12. The van der Waals surface area contributed by atoms with Crippen LogP contribution in [0.4, 0.5) is 0 Å². The second kappa shape index (κ2) is 5.76. The van der Waals surface area contributed by atoms with Gasteiger partial charge in [-0.15, -0.1) is 0 Å². The van der Waals surface area contributed by atoms with Crippen molar-refractivity contribution in [2.24, 2.45) is 0 Å². The van der Waals surface area contributed by atoms with Gasteiger partial charge < -0.3 is 9.59 Å². The molecule has 7 nitrogen and oxygen atoms in total. The Kier molecular flexibility index (Phi) is 5.53. The van der Waals surface area contributed by atoms with Gasteiger partial charge in [0.2, 0.25) is 0 Å². The number of likely N-dealkylation sites (N-methyl/N-ethyl adjacent to an activating group) is 1. The lowest BCUT2D eigenvalue weighted by atomic mass is 10.2. The van der Waals surface area contributed by atoms with Crippen LogP contribution in [0.5, 0.6) is 0 Å². The zero-order valence-electron chi connectivity index (χ0n) is 10.6. The summed E-state index contributed by atoms with van der Waals surface area (Å²) in [5.74, 6) is -1.33. The summed E-state index contributed by atoms with van der Waals surface area (Å²) in [5.41, 5.74) is 0. The number of quaternary nitrogens is 1. The van der Waals surface area contributed by atoms with E-state index in [-0.39, 0.29) is 29.4 Å². The number of rotatable bonds is 7. The summed E-state index contributed by atoms with van der Waals surface area (Å²) in [6.07, 6.45) is -0.125. The summed E-state index contributed by atoms with van der Waals surface area (Å²) in [4.78, 5) is 12.5. The van der Waals surface area contributed by atoms with E-state index in [2.05, 4.69) is 0 Å². The van der Waals surface area contributed by atoms with E-state index in [9.17, 15) is 13.2 Å². The van der Waals surface area contributed by atoms with Crippen LogP contribution in [-0.2, 0) is 14.9 Å². The molecule has 0 saturated carbocycles. The molecule has 0 aliphatic rings. The number of nitrogens with zero attached hydrogens (tertiary/aromatic N) is 2. The lowest BCUT2D eigenvalue weighted by Gasteiger charge is -2.40. The average molecular weight is 269 g/mol. The van der Waals surface area contributed by atoms with Gasteiger partial charge in [0.1, 0.15) is 6.17 Å². The first kappa shape index (κ1) is 16.3. The third-order valence-corrected chi connectivity index (χ3v) is 3.33. The van der Waals surface area contributed by atoms with Gasteiger partial charge in [-0.05, 0) is 14.1 Å². The maximum absolute atomic E-state index is 10.7. The average Bonchev–Trinajstić information content (AvgIpc) is 1.96. The summed E-state index contributed by atoms with van der Waals surface area (Å²) in [7, 11) is 2.89.